The van der Waals surface area contributed by atoms with Crippen LogP contribution in [0, 0.1) is 6.57 Å². The minimum atomic E-state index is 0.598. The zero-order valence-corrected chi connectivity index (χ0v) is 7.97. The first-order valence-electron chi connectivity index (χ1n) is 4.20. The van der Waals surface area contributed by atoms with Gasteiger partial charge in [0.2, 0.25) is 6.54 Å². The SMILES string of the molecule is [C-]#[N+]CCc1csc2ccccc12. The van der Waals surface area contributed by atoms with Gasteiger partial charge in [-0.25, -0.2) is 6.57 Å². The lowest BCUT2D eigenvalue weighted by Crippen LogP contribution is -1.84. The molecule has 1 aromatic carbocycles. The Labute approximate surface area is 81.5 Å². The van der Waals surface area contributed by atoms with Crippen LogP contribution in [0.1, 0.15) is 5.56 Å². The maximum Gasteiger partial charge on any atom is 0.218 e. The second kappa shape index (κ2) is 3.59. The average Bonchev–Trinajstić information content (AvgIpc) is 2.58. The van der Waals surface area contributed by atoms with E-state index in [1.165, 1.54) is 15.6 Å². The van der Waals surface area contributed by atoms with E-state index in [-0.39, 0.29) is 0 Å². The van der Waals surface area contributed by atoms with Crippen molar-refractivity contribution in [2.45, 2.75) is 6.42 Å². The van der Waals surface area contributed by atoms with Gasteiger partial charge in [-0.3, -0.25) is 0 Å². The fourth-order valence-electron chi connectivity index (χ4n) is 1.40. The normalized spacial score (nSPS) is 10.1. The molecule has 0 unspecified atom stereocenters. The van der Waals surface area contributed by atoms with Crippen LogP contribution in [0.3, 0.4) is 0 Å². The lowest BCUT2D eigenvalue weighted by atomic mass is 10.1. The number of rotatable bonds is 2. The van der Waals surface area contributed by atoms with Gasteiger partial charge in [0.25, 0.3) is 0 Å². The number of hydrogen-bond donors (Lipinski definition) is 0. The average molecular weight is 187 g/mol. The van der Waals surface area contributed by atoms with E-state index in [0.29, 0.717) is 6.54 Å². The fourth-order valence-corrected chi connectivity index (χ4v) is 2.40. The van der Waals surface area contributed by atoms with Gasteiger partial charge in [-0.15, -0.1) is 11.3 Å². The molecule has 0 aliphatic heterocycles. The van der Waals surface area contributed by atoms with Crippen LogP contribution in [0.5, 0.6) is 0 Å². The van der Waals surface area contributed by atoms with E-state index in [1.807, 2.05) is 0 Å². The summed E-state index contributed by atoms with van der Waals surface area (Å²) < 4.78 is 1.32. The zero-order chi connectivity index (χ0) is 9.10. The predicted molar refractivity (Wildman–Crippen MR) is 57.0 cm³/mol. The van der Waals surface area contributed by atoms with Crippen molar-refractivity contribution in [3.63, 3.8) is 0 Å². The summed E-state index contributed by atoms with van der Waals surface area (Å²) >= 11 is 1.76. The number of thiophene rings is 1. The molecule has 0 aliphatic rings. The van der Waals surface area contributed by atoms with E-state index >= 15 is 0 Å². The standard InChI is InChI=1S/C11H9NS/c1-12-7-6-9-8-13-11-5-3-2-4-10(9)11/h2-5,8H,6-7H2. The topological polar surface area (TPSA) is 4.36 Å². The Balaban J connectivity index is 2.41. The van der Waals surface area contributed by atoms with E-state index in [1.54, 1.807) is 11.3 Å². The molecule has 0 N–H and O–H groups in total. The molecule has 1 aromatic heterocycles. The molecule has 0 atom stereocenters. The molecule has 0 saturated carbocycles. The zero-order valence-electron chi connectivity index (χ0n) is 7.16. The number of nitrogens with zero attached hydrogens (tertiary/aromatic N) is 1. The molecule has 0 amide bonds. The third-order valence-corrected chi connectivity index (χ3v) is 3.07. The van der Waals surface area contributed by atoms with Crippen LogP contribution in [0.2, 0.25) is 0 Å². The Kier molecular flexibility index (Phi) is 2.29. The largest absolute Gasteiger partial charge is 0.317 e. The van der Waals surface area contributed by atoms with Crippen molar-refractivity contribution < 1.29 is 0 Å². The third-order valence-electron chi connectivity index (χ3n) is 2.05. The van der Waals surface area contributed by atoms with Crippen LogP contribution in [-0.4, -0.2) is 6.54 Å². The first-order chi connectivity index (χ1) is 6.42. The first-order valence-corrected chi connectivity index (χ1v) is 5.08. The van der Waals surface area contributed by atoms with Gasteiger partial charge in [0.05, 0.1) is 0 Å². The van der Waals surface area contributed by atoms with Crippen molar-refractivity contribution in [1.29, 1.82) is 0 Å². The van der Waals surface area contributed by atoms with Crippen molar-refractivity contribution in [3.8, 4) is 0 Å². The van der Waals surface area contributed by atoms with Crippen molar-refractivity contribution in [3.05, 3.63) is 46.6 Å². The summed E-state index contributed by atoms with van der Waals surface area (Å²) in [6, 6.07) is 8.36. The highest BCUT2D eigenvalue weighted by Gasteiger charge is 2.03. The van der Waals surface area contributed by atoms with Crippen LogP contribution >= 0.6 is 11.3 Å². The second-order valence-electron chi connectivity index (χ2n) is 2.89. The Morgan fingerprint density at radius 3 is 3.00 bits per heavy atom. The smallest absolute Gasteiger partial charge is 0.218 e. The summed E-state index contributed by atoms with van der Waals surface area (Å²) in [5.74, 6) is 0. The molecule has 0 saturated heterocycles. The van der Waals surface area contributed by atoms with Gasteiger partial charge in [-0.05, 0) is 22.4 Å². The number of fused-ring (bicyclic) bond motifs is 1. The molecule has 0 aliphatic carbocycles. The summed E-state index contributed by atoms with van der Waals surface area (Å²) in [4.78, 5) is 3.37. The maximum absolute atomic E-state index is 6.74. The highest BCUT2D eigenvalue weighted by atomic mass is 32.1. The van der Waals surface area contributed by atoms with Crippen LogP contribution in [0.4, 0.5) is 0 Å². The van der Waals surface area contributed by atoms with Crippen molar-refractivity contribution in [1.82, 2.24) is 0 Å². The molecule has 64 valence electrons. The van der Waals surface area contributed by atoms with Crippen molar-refractivity contribution in [2.24, 2.45) is 0 Å². The number of benzene rings is 1. The minimum absolute atomic E-state index is 0.598. The molecule has 0 fully saturated rings. The summed E-state index contributed by atoms with van der Waals surface area (Å²) in [5.41, 5.74) is 1.32. The van der Waals surface area contributed by atoms with E-state index < -0.39 is 0 Å². The van der Waals surface area contributed by atoms with Crippen LogP contribution in [-0.2, 0) is 6.42 Å². The third kappa shape index (κ3) is 1.56. The van der Waals surface area contributed by atoms with E-state index in [0.717, 1.165) is 6.42 Å². The highest BCUT2D eigenvalue weighted by Crippen LogP contribution is 2.25. The Bertz CT molecular complexity index is 450. The fraction of sp³-hybridized carbons (Fsp3) is 0.182. The minimum Gasteiger partial charge on any atom is -0.317 e. The second-order valence-corrected chi connectivity index (χ2v) is 3.80. The Morgan fingerprint density at radius 2 is 2.15 bits per heavy atom. The van der Waals surface area contributed by atoms with Gasteiger partial charge < -0.3 is 4.85 Å². The predicted octanol–water partition coefficient (Wildman–Crippen LogP) is 3.36. The summed E-state index contributed by atoms with van der Waals surface area (Å²) in [7, 11) is 0. The van der Waals surface area contributed by atoms with Crippen LogP contribution < -0.4 is 0 Å². The van der Waals surface area contributed by atoms with Gasteiger partial charge in [-0.1, -0.05) is 18.2 Å². The quantitative estimate of drug-likeness (QED) is 0.635. The highest BCUT2D eigenvalue weighted by molar-refractivity contribution is 7.17. The molecule has 13 heavy (non-hydrogen) atoms. The molecular weight excluding hydrogens is 178 g/mol. The monoisotopic (exact) mass is 187 g/mol. The first kappa shape index (κ1) is 8.28. The van der Waals surface area contributed by atoms with E-state index in [9.17, 15) is 0 Å². The molecule has 1 heterocycles. The van der Waals surface area contributed by atoms with E-state index in [2.05, 4.69) is 34.5 Å². The van der Waals surface area contributed by atoms with E-state index in [4.69, 9.17) is 6.57 Å². The Hall–Kier alpha value is -1.33. The molecule has 2 rings (SSSR count). The van der Waals surface area contributed by atoms with Crippen molar-refractivity contribution in [2.75, 3.05) is 6.54 Å². The lowest BCUT2D eigenvalue weighted by Gasteiger charge is -1.91. The number of hydrogen-bond acceptors (Lipinski definition) is 1. The van der Waals surface area contributed by atoms with Gasteiger partial charge in [0.15, 0.2) is 0 Å². The molecule has 2 heteroatoms. The molecule has 0 spiro atoms. The van der Waals surface area contributed by atoms with Gasteiger partial charge in [0.1, 0.15) is 0 Å². The molecule has 1 nitrogen and oxygen atoms in total. The van der Waals surface area contributed by atoms with Crippen LogP contribution in [0.25, 0.3) is 14.9 Å². The van der Waals surface area contributed by atoms with Crippen molar-refractivity contribution >= 4 is 21.4 Å². The molecule has 0 radical (unpaired) electrons. The molecule has 0 bridgehead atoms. The summed E-state index contributed by atoms with van der Waals surface area (Å²) in [6.07, 6.45) is 0.882. The maximum atomic E-state index is 6.74. The van der Waals surface area contributed by atoms with Gasteiger partial charge in [0, 0.05) is 11.1 Å². The summed E-state index contributed by atoms with van der Waals surface area (Å²) in [6.45, 7) is 7.34. The van der Waals surface area contributed by atoms with Crippen LogP contribution in [0.15, 0.2) is 29.6 Å². The van der Waals surface area contributed by atoms with Gasteiger partial charge in [-0.2, -0.15) is 0 Å². The molecule has 2 aromatic rings. The summed E-state index contributed by atoms with van der Waals surface area (Å²) in [5, 5.41) is 3.48. The lowest BCUT2D eigenvalue weighted by molar-refractivity contribution is 1.10. The van der Waals surface area contributed by atoms with Gasteiger partial charge >= 0.3 is 0 Å². The molecular formula is C11H9NS. The Morgan fingerprint density at radius 1 is 1.31 bits per heavy atom.